The monoisotopic (exact) mass is 237 g/mol. The van der Waals surface area contributed by atoms with Crippen molar-refractivity contribution < 1.29 is 14.3 Å². The van der Waals surface area contributed by atoms with E-state index in [9.17, 15) is 9.59 Å². The Labute approximate surface area is 99.2 Å². The van der Waals surface area contributed by atoms with E-state index in [4.69, 9.17) is 4.74 Å². The van der Waals surface area contributed by atoms with Gasteiger partial charge in [-0.25, -0.2) is 9.78 Å². The predicted molar refractivity (Wildman–Crippen MR) is 59.4 cm³/mol. The Balaban J connectivity index is 2.02. The van der Waals surface area contributed by atoms with Gasteiger partial charge in [-0.3, -0.25) is 9.36 Å². The average Bonchev–Trinajstić information content (AvgIpc) is 3.00. The van der Waals surface area contributed by atoms with Crippen molar-refractivity contribution in [3.05, 3.63) is 18.7 Å². The van der Waals surface area contributed by atoms with Crippen molar-refractivity contribution in [3.63, 3.8) is 0 Å². The first-order chi connectivity index (χ1) is 8.22. The number of amides is 1. The van der Waals surface area contributed by atoms with Crippen molar-refractivity contribution in [1.82, 2.24) is 14.5 Å². The van der Waals surface area contributed by atoms with Crippen LogP contribution in [0.4, 0.5) is 4.79 Å². The zero-order valence-electron chi connectivity index (χ0n) is 9.70. The fourth-order valence-electron chi connectivity index (χ4n) is 1.61. The summed E-state index contributed by atoms with van der Waals surface area (Å²) in [6.07, 6.45) is 6.43. The first kappa shape index (κ1) is 11.6. The summed E-state index contributed by atoms with van der Waals surface area (Å²) in [5, 5.41) is 0. The van der Waals surface area contributed by atoms with Gasteiger partial charge in [0.2, 0.25) is 0 Å². The number of carbonyl (C=O) groups is 2. The minimum absolute atomic E-state index is 0.00944. The molecule has 0 unspecified atom stereocenters. The minimum Gasteiger partial charge on any atom is -0.465 e. The zero-order chi connectivity index (χ0) is 12.3. The fourth-order valence-corrected chi connectivity index (χ4v) is 1.61. The van der Waals surface area contributed by atoms with E-state index in [2.05, 4.69) is 4.98 Å². The van der Waals surface area contributed by atoms with Crippen molar-refractivity contribution in [1.29, 1.82) is 0 Å². The van der Waals surface area contributed by atoms with E-state index in [-0.39, 0.29) is 24.6 Å². The van der Waals surface area contributed by atoms with Gasteiger partial charge in [0, 0.05) is 18.4 Å². The first-order valence-corrected chi connectivity index (χ1v) is 5.67. The lowest BCUT2D eigenvalue weighted by molar-refractivity contribution is -0.143. The number of hydrogen-bond donors (Lipinski definition) is 0. The van der Waals surface area contributed by atoms with Crippen LogP contribution in [0.15, 0.2) is 18.7 Å². The van der Waals surface area contributed by atoms with Gasteiger partial charge in [0.15, 0.2) is 0 Å². The quantitative estimate of drug-likeness (QED) is 0.729. The van der Waals surface area contributed by atoms with E-state index in [0.717, 1.165) is 12.8 Å². The maximum absolute atomic E-state index is 12.1. The maximum atomic E-state index is 12.1. The predicted octanol–water partition coefficient (Wildman–Crippen LogP) is 0.879. The van der Waals surface area contributed by atoms with Gasteiger partial charge in [-0.15, -0.1) is 0 Å². The Hall–Kier alpha value is -1.85. The van der Waals surface area contributed by atoms with Gasteiger partial charge in [-0.05, 0) is 19.8 Å². The van der Waals surface area contributed by atoms with Crippen LogP contribution in [0.1, 0.15) is 19.8 Å². The summed E-state index contributed by atoms with van der Waals surface area (Å²) in [5.41, 5.74) is 0. The van der Waals surface area contributed by atoms with Gasteiger partial charge < -0.3 is 9.64 Å². The van der Waals surface area contributed by atoms with E-state index in [0.29, 0.717) is 6.61 Å². The molecule has 0 aliphatic heterocycles. The van der Waals surface area contributed by atoms with Crippen molar-refractivity contribution >= 4 is 12.0 Å². The first-order valence-electron chi connectivity index (χ1n) is 5.67. The molecular weight excluding hydrogens is 222 g/mol. The third-order valence-electron chi connectivity index (χ3n) is 2.56. The van der Waals surface area contributed by atoms with Crippen LogP contribution in [0.5, 0.6) is 0 Å². The van der Waals surface area contributed by atoms with Crippen LogP contribution in [0, 0.1) is 0 Å². The van der Waals surface area contributed by atoms with E-state index >= 15 is 0 Å². The van der Waals surface area contributed by atoms with Crippen LogP contribution in [0.25, 0.3) is 0 Å². The summed E-state index contributed by atoms with van der Waals surface area (Å²) in [6.45, 7) is 2.09. The lowest BCUT2D eigenvalue weighted by Crippen LogP contribution is -2.40. The standard InChI is InChI=1S/C11H15N3O3/c1-2-17-10(15)7-14(9-3-4-9)11(16)13-6-5-12-8-13/h5-6,8-9H,2-4,7H2,1H3. The van der Waals surface area contributed by atoms with Crippen LogP contribution >= 0.6 is 0 Å². The van der Waals surface area contributed by atoms with Gasteiger partial charge in [0.1, 0.15) is 12.9 Å². The molecule has 1 aliphatic carbocycles. The molecule has 6 heteroatoms. The SMILES string of the molecule is CCOC(=O)CN(C(=O)n1ccnc1)C1CC1. The molecule has 0 N–H and O–H groups in total. The molecule has 0 radical (unpaired) electrons. The summed E-state index contributed by atoms with van der Waals surface area (Å²) in [5.74, 6) is -0.368. The Morgan fingerprint density at radius 3 is 2.82 bits per heavy atom. The molecule has 1 aromatic rings. The number of nitrogens with zero attached hydrogens (tertiary/aromatic N) is 3. The van der Waals surface area contributed by atoms with E-state index < -0.39 is 0 Å². The Kier molecular flexibility index (Phi) is 3.41. The third kappa shape index (κ3) is 2.83. The molecule has 0 atom stereocenters. The molecule has 1 saturated carbocycles. The molecule has 1 fully saturated rings. The maximum Gasteiger partial charge on any atom is 0.330 e. The van der Waals surface area contributed by atoms with Gasteiger partial charge in [-0.1, -0.05) is 0 Å². The highest BCUT2D eigenvalue weighted by molar-refractivity contribution is 5.82. The Morgan fingerprint density at radius 1 is 1.53 bits per heavy atom. The smallest absolute Gasteiger partial charge is 0.330 e. The van der Waals surface area contributed by atoms with Crippen molar-refractivity contribution in [2.24, 2.45) is 0 Å². The molecule has 17 heavy (non-hydrogen) atoms. The van der Waals surface area contributed by atoms with Crippen molar-refractivity contribution in [3.8, 4) is 0 Å². The summed E-state index contributed by atoms with van der Waals surface area (Å²) in [6, 6.07) is -0.0626. The number of imidazole rings is 1. The molecule has 6 nitrogen and oxygen atoms in total. The number of rotatable bonds is 4. The highest BCUT2D eigenvalue weighted by Crippen LogP contribution is 2.27. The number of hydrogen-bond acceptors (Lipinski definition) is 4. The zero-order valence-corrected chi connectivity index (χ0v) is 9.70. The Bertz CT molecular complexity index is 398. The molecular formula is C11H15N3O3. The minimum atomic E-state index is -0.368. The lowest BCUT2D eigenvalue weighted by atomic mass is 10.5. The van der Waals surface area contributed by atoms with Crippen LogP contribution in [0.2, 0.25) is 0 Å². The summed E-state index contributed by atoms with van der Waals surface area (Å²) in [4.78, 5) is 28.8. The van der Waals surface area contributed by atoms with Gasteiger partial charge in [-0.2, -0.15) is 0 Å². The van der Waals surface area contributed by atoms with Gasteiger partial charge >= 0.3 is 12.0 Å². The van der Waals surface area contributed by atoms with Gasteiger partial charge in [0.05, 0.1) is 6.61 Å². The van der Waals surface area contributed by atoms with Crippen LogP contribution < -0.4 is 0 Å². The summed E-state index contributed by atoms with van der Waals surface area (Å²) >= 11 is 0. The largest absolute Gasteiger partial charge is 0.465 e. The number of esters is 1. The van der Waals surface area contributed by atoms with E-state index in [1.54, 1.807) is 18.0 Å². The molecule has 1 amide bonds. The highest BCUT2D eigenvalue weighted by atomic mass is 16.5. The highest BCUT2D eigenvalue weighted by Gasteiger charge is 2.34. The molecule has 0 bridgehead atoms. The second-order valence-electron chi connectivity index (χ2n) is 3.92. The van der Waals surface area contributed by atoms with Crippen LogP contribution in [0.3, 0.4) is 0 Å². The number of carbonyl (C=O) groups excluding carboxylic acids is 2. The van der Waals surface area contributed by atoms with Crippen LogP contribution in [-0.4, -0.2) is 45.6 Å². The fraction of sp³-hybridized carbons (Fsp3) is 0.545. The molecule has 2 rings (SSSR count). The number of ether oxygens (including phenoxy) is 1. The topological polar surface area (TPSA) is 64.4 Å². The summed E-state index contributed by atoms with van der Waals surface area (Å²) in [7, 11) is 0. The summed E-state index contributed by atoms with van der Waals surface area (Å²) < 4.78 is 6.23. The van der Waals surface area contributed by atoms with Crippen molar-refractivity contribution in [2.75, 3.05) is 13.2 Å². The second kappa shape index (κ2) is 4.99. The lowest BCUT2D eigenvalue weighted by Gasteiger charge is -2.20. The normalized spacial score (nSPS) is 14.4. The molecule has 1 aromatic heterocycles. The second-order valence-corrected chi connectivity index (χ2v) is 3.92. The molecule has 1 aliphatic rings. The molecule has 0 aromatic carbocycles. The van der Waals surface area contributed by atoms with Crippen molar-refractivity contribution in [2.45, 2.75) is 25.8 Å². The number of aromatic nitrogens is 2. The molecule has 1 heterocycles. The van der Waals surface area contributed by atoms with Crippen LogP contribution in [-0.2, 0) is 9.53 Å². The molecule has 92 valence electrons. The third-order valence-corrected chi connectivity index (χ3v) is 2.56. The van der Waals surface area contributed by atoms with E-state index in [1.807, 2.05) is 0 Å². The van der Waals surface area contributed by atoms with E-state index in [1.165, 1.54) is 17.1 Å². The van der Waals surface area contributed by atoms with Gasteiger partial charge in [0.25, 0.3) is 0 Å². The molecule has 0 saturated heterocycles. The molecule has 0 spiro atoms. The average molecular weight is 237 g/mol. The Morgan fingerprint density at radius 2 is 2.29 bits per heavy atom.